The first-order valence-corrected chi connectivity index (χ1v) is 12.3. The summed E-state index contributed by atoms with van der Waals surface area (Å²) in [6.07, 6.45) is 0.958. The normalized spacial score (nSPS) is 14.4. The molecule has 1 atom stereocenters. The minimum absolute atomic E-state index is 0.0717. The topological polar surface area (TPSA) is 95.6 Å². The lowest BCUT2D eigenvalue weighted by Crippen LogP contribution is -2.44. The largest absolute Gasteiger partial charge is 0.325 e. The predicted molar refractivity (Wildman–Crippen MR) is 126 cm³/mol. The molecule has 2 amide bonds. The quantitative estimate of drug-likeness (QED) is 0.665. The SMILES string of the molecule is CC(=O)N1CCc2cc(S(=O)(=O)N[C@H](CC(C)C)C(=O)Nc3cc(C)cc(C)c3)ccc21. The maximum absolute atomic E-state index is 13.1. The number of sulfonamides is 1. The van der Waals surface area contributed by atoms with Gasteiger partial charge in [0.05, 0.1) is 4.90 Å². The van der Waals surface area contributed by atoms with Gasteiger partial charge in [-0.15, -0.1) is 0 Å². The number of carbonyl (C=O) groups excluding carboxylic acids is 2. The summed E-state index contributed by atoms with van der Waals surface area (Å²) in [4.78, 5) is 26.5. The molecule has 0 saturated carbocycles. The number of nitrogens with one attached hydrogen (secondary N) is 2. The van der Waals surface area contributed by atoms with E-state index in [0.29, 0.717) is 25.1 Å². The van der Waals surface area contributed by atoms with E-state index in [1.807, 2.05) is 45.9 Å². The third-order valence-electron chi connectivity index (χ3n) is 5.45. The van der Waals surface area contributed by atoms with Crippen molar-refractivity contribution < 1.29 is 18.0 Å². The predicted octanol–water partition coefficient (Wildman–Crippen LogP) is 3.54. The fourth-order valence-corrected chi connectivity index (χ4v) is 5.34. The van der Waals surface area contributed by atoms with Crippen LogP contribution in [0, 0.1) is 19.8 Å². The maximum Gasteiger partial charge on any atom is 0.242 e. The summed E-state index contributed by atoms with van der Waals surface area (Å²) in [7, 11) is -3.93. The van der Waals surface area contributed by atoms with Gasteiger partial charge in [0, 0.05) is 24.8 Å². The van der Waals surface area contributed by atoms with Gasteiger partial charge in [0.1, 0.15) is 6.04 Å². The van der Waals surface area contributed by atoms with Crippen molar-refractivity contribution in [3.63, 3.8) is 0 Å². The number of aryl methyl sites for hydroxylation is 2. The van der Waals surface area contributed by atoms with E-state index in [0.717, 1.165) is 22.4 Å². The number of nitrogens with zero attached hydrogens (tertiary/aromatic N) is 1. The number of amides is 2. The molecule has 0 radical (unpaired) electrons. The van der Waals surface area contributed by atoms with Crippen LogP contribution in [0.1, 0.15) is 43.9 Å². The molecular formula is C24H31N3O4S. The maximum atomic E-state index is 13.1. The standard InChI is InChI=1S/C24H31N3O4S/c1-15(2)10-22(24(29)25-20-12-16(3)11-17(4)13-20)26-32(30,31)21-6-7-23-19(14-21)8-9-27(23)18(5)28/h6-7,11-15,22,26H,8-10H2,1-5H3,(H,25,29)/t22-/m1/s1. The number of hydrogen-bond donors (Lipinski definition) is 2. The second-order valence-electron chi connectivity index (χ2n) is 8.88. The lowest BCUT2D eigenvalue weighted by molar-refractivity contribution is -0.118. The summed E-state index contributed by atoms with van der Waals surface area (Å²) in [5.74, 6) is -0.356. The Morgan fingerprint density at radius 2 is 1.72 bits per heavy atom. The molecule has 1 heterocycles. The molecule has 2 aromatic carbocycles. The third-order valence-corrected chi connectivity index (χ3v) is 6.92. The summed E-state index contributed by atoms with van der Waals surface area (Å²) in [5, 5.41) is 2.85. The molecule has 172 valence electrons. The van der Waals surface area contributed by atoms with Crippen LogP contribution in [0.3, 0.4) is 0 Å². The van der Waals surface area contributed by atoms with Crippen molar-refractivity contribution in [3.8, 4) is 0 Å². The van der Waals surface area contributed by atoms with Crippen molar-refractivity contribution in [3.05, 3.63) is 53.1 Å². The van der Waals surface area contributed by atoms with Crippen LogP contribution >= 0.6 is 0 Å². The average molecular weight is 458 g/mol. The van der Waals surface area contributed by atoms with Gasteiger partial charge in [-0.3, -0.25) is 9.59 Å². The fraction of sp³-hybridized carbons (Fsp3) is 0.417. The van der Waals surface area contributed by atoms with Crippen LogP contribution in [0.15, 0.2) is 41.3 Å². The van der Waals surface area contributed by atoms with E-state index in [9.17, 15) is 18.0 Å². The van der Waals surface area contributed by atoms with Gasteiger partial charge in [-0.05, 0) is 79.6 Å². The van der Waals surface area contributed by atoms with Crippen molar-refractivity contribution in [2.45, 2.75) is 58.4 Å². The summed E-state index contributed by atoms with van der Waals surface area (Å²) in [6.45, 7) is 9.80. The monoisotopic (exact) mass is 457 g/mol. The van der Waals surface area contributed by atoms with E-state index in [-0.39, 0.29) is 16.7 Å². The Hall–Kier alpha value is -2.71. The molecule has 1 aliphatic rings. The molecule has 32 heavy (non-hydrogen) atoms. The Morgan fingerprint density at radius 3 is 2.31 bits per heavy atom. The summed E-state index contributed by atoms with van der Waals surface area (Å²) < 4.78 is 28.9. The molecule has 2 N–H and O–H groups in total. The summed E-state index contributed by atoms with van der Waals surface area (Å²) >= 11 is 0. The van der Waals surface area contributed by atoms with Crippen LogP contribution in [0.25, 0.3) is 0 Å². The number of hydrogen-bond acceptors (Lipinski definition) is 4. The van der Waals surface area contributed by atoms with Crippen LogP contribution in [0.5, 0.6) is 0 Å². The van der Waals surface area contributed by atoms with Crippen molar-refractivity contribution >= 4 is 33.2 Å². The number of carbonyl (C=O) groups is 2. The molecule has 3 rings (SSSR count). The van der Waals surface area contributed by atoms with Crippen LogP contribution in [-0.4, -0.2) is 32.8 Å². The van der Waals surface area contributed by atoms with E-state index < -0.39 is 22.0 Å². The zero-order valence-electron chi connectivity index (χ0n) is 19.2. The molecule has 0 spiro atoms. The van der Waals surface area contributed by atoms with Gasteiger partial charge in [0.2, 0.25) is 21.8 Å². The second-order valence-corrected chi connectivity index (χ2v) is 10.6. The van der Waals surface area contributed by atoms with Gasteiger partial charge in [-0.1, -0.05) is 19.9 Å². The van der Waals surface area contributed by atoms with Crippen molar-refractivity contribution in [1.29, 1.82) is 0 Å². The van der Waals surface area contributed by atoms with Gasteiger partial charge in [0.25, 0.3) is 0 Å². The molecule has 0 fully saturated rings. The molecule has 0 aliphatic carbocycles. The molecule has 8 heteroatoms. The lowest BCUT2D eigenvalue weighted by atomic mass is 10.0. The summed E-state index contributed by atoms with van der Waals surface area (Å²) in [6, 6.07) is 9.53. The Balaban J connectivity index is 1.83. The van der Waals surface area contributed by atoms with Crippen molar-refractivity contribution in [2.75, 3.05) is 16.8 Å². The van der Waals surface area contributed by atoms with Crippen molar-refractivity contribution in [2.24, 2.45) is 5.92 Å². The first-order chi connectivity index (χ1) is 15.0. The Labute approximate surface area is 190 Å². The smallest absolute Gasteiger partial charge is 0.242 e. The van der Waals surface area contributed by atoms with Gasteiger partial charge < -0.3 is 10.2 Å². The molecule has 2 aromatic rings. The fourth-order valence-electron chi connectivity index (χ4n) is 4.08. The molecule has 1 aliphatic heterocycles. The van der Waals surface area contributed by atoms with Crippen LogP contribution < -0.4 is 14.9 Å². The molecule has 0 bridgehead atoms. The highest BCUT2D eigenvalue weighted by Crippen LogP contribution is 2.30. The van der Waals surface area contributed by atoms with Gasteiger partial charge in [0.15, 0.2) is 0 Å². The molecule has 0 saturated heterocycles. The van der Waals surface area contributed by atoms with E-state index in [4.69, 9.17) is 0 Å². The molecular weight excluding hydrogens is 426 g/mol. The first kappa shape index (κ1) is 23.9. The van der Waals surface area contributed by atoms with Gasteiger partial charge in [-0.2, -0.15) is 4.72 Å². The third kappa shape index (κ3) is 5.55. The Bertz CT molecular complexity index is 1120. The molecule has 0 unspecified atom stereocenters. The first-order valence-electron chi connectivity index (χ1n) is 10.8. The number of rotatable bonds is 7. The Morgan fingerprint density at radius 1 is 1.06 bits per heavy atom. The Kier molecular flexibility index (Phi) is 7.05. The lowest BCUT2D eigenvalue weighted by Gasteiger charge is -2.21. The van der Waals surface area contributed by atoms with E-state index in [1.165, 1.54) is 13.0 Å². The van der Waals surface area contributed by atoms with E-state index in [2.05, 4.69) is 10.0 Å². The highest BCUT2D eigenvalue weighted by atomic mass is 32.2. The van der Waals surface area contributed by atoms with Crippen molar-refractivity contribution in [1.82, 2.24) is 4.72 Å². The van der Waals surface area contributed by atoms with E-state index >= 15 is 0 Å². The van der Waals surface area contributed by atoms with Crippen LogP contribution in [0.2, 0.25) is 0 Å². The number of benzene rings is 2. The van der Waals surface area contributed by atoms with Gasteiger partial charge in [-0.25, -0.2) is 8.42 Å². The van der Waals surface area contributed by atoms with E-state index in [1.54, 1.807) is 17.0 Å². The highest BCUT2D eigenvalue weighted by molar-refractivity contribution is 7.89. The highest BCUT2D eigenvalue weighted by Gasteiger charge is 2.29. The minimum atomic E-state index is -3.93. The molecule has 7 nitrogen and oxygen atoms in total. The number of anilines is 2. The van der Waals surface area contributed by atoms with Crippen LogP contribution in [-0.2, 0) is 26.0 Å². The zero-order valence-corrected chi connectivity index (χ0v) is 20.0. The minimum Gasteiger partial charge on any atom is -0.325 e. The second kappa shape index (κ2) is 9.42. The average Bonchev–Trinajstić information content (AvgIpc) is 3.09. The summed E-state index contributed by atoms with van der Waals surface area (Å²) in [5.41, 5.74) is 4.21. The van der Waals surface area contributed by atoms with Gasteiger partial charge >= 0.3 is 0 Å². The molecule has 0 aromatic heterocycles. The number of fused-ring (bicyclic) bond motifs is 1. The van der Waals surface area contributed by atoms with Crippen LogP contribution in [0.4, 0.5) is 11.4 Å². The zero-order chi connectivity index (χ0) is 23.6.